The summed E-state index contributed by atoms with van der Waals surface area (Å²) in [6.07, 6.45) is 0. The molecule has 0 aliphatic heterocycles. The van der Waals surface area contributed by atoms with E-state index >= 15 is 0 Å². The number of ether oxygens (including phenoxy) is 2. The number of rotatable bonds is 4. The summed E-state index contributed by atoms with van der Waals surface area (Å²) in [5, 5.41) is 0. The maximum Gasteiger partial charge on any atom is 0.299 e. The fourth-order valence-electron chi connectivity index (χ4n) is 1.96. The first-order valence-corrected chi connectivity index (χ1v) is 6.10. The number of nitrogens with two attached hydrogens (primary N) is 1. The molecule has 0 aliphatic carbocycles. The van der Waals surface area contributed by atoms with Gasteiger partial charge in [-0.05, 0) is 24.6 Å². The smallest absolute Gasteiger partial charge is 0.299 e. The molecule has 0 atom stereocenters. The zero-order valence-electron chi connectivity index (χ0n) is 11.7. The molecule has 0 bridgehead atoms. The Balaban J connectivity index is 2.40. The van der Waals surface area contributed by atoms with Crippen LogP contribution in [0.15, 0.2) is 29.1 Å². The van der Waals surface area contributed by atoms with Crippen molar-refractivity contribution < 1.29 is 9.47 Å². The standard InChI is InChI=1S/C14H17N3O3/c1-9-6-13(18)17(14(16-9)20-3)8-10-4-5-12(19-2)11(15)7-10/h4-7H,8,15H2,1-3H3. The van der Waals surface area contributed by atoms with Crippen molar-refractivity contribution in [2.45, 2.75) is 13.5 Å². The highest BCUT2D eigenvalue weighted by molar-refractivity contribution is 5.54. The van der Waals surface area contributed by atoms with Crippen molar-refractivity contribution in [2.24, 2.45) is 0 Å². The number of benzene rings is 1. The molecule has 2 aromatic rings. The third kappa shape index (κ3) is 2.74. The van der Waals surface area contributed by atoms with Crippen LogP contribution >= 0.6 is 0 Å². The van der Waals surface area contributed by atoms with E-state index in [0.29, 0.717) is 23.7 Å². The van der Waals surface area contributed by atoms with Crippen molar-refractivity contribution >= 4 is 5.69 Å². The van der Waals surface area contributed by atoms with Gasteiger partial charge in [-0.2, -0.15) is 0 Å². The molecule has 0 fully saturated rings. The van der Waals surface area contributed by atoms with Gasteiger partial charge in [0.1, 0.15) is 5.75 Å². The predicted octanol–water partition coefficient (Wildman–Crippen LogP) is 1.20. The molecule has 0 saturated heterocycles. The molecular weight excluding hydrogens is 258 g/mol. The zero-order valence-corrected chi connectivity index (χ0v) is 11.7. The molecule has 0 aliphatic rings. The summed E-state index contributed by atoms with van der Waals surface area (Å²) in [5.41, 5.74) is 7.71. The fourth-order valence-corrected chi connectivity index (χ4v) is 1.96. The molecular formula is C14H17N3O3. The van der Waals surface area contributed by atoms with Crippen molar-refractivity contribution in [2.75, 3.05) is 20.0 Å². The molecule has 0 radical (unpaired) electrons. The Kier molecular flexibility index (Phi) is 3.93. The zero-order chi connectivity index (χ0) is 14.7. The summed E-state index contributed by atoms with van der Waals surface area (Å²) >= 11 is 0. The van der Waals surface area contributed by atoms with E-state index in [9.17, 15) is 4.79 Å². The van der Waals surface area contributed by atoms with Crippen LogP contribution in [0.25, 0.3) is 0 Å². The molecule has 0 spiro atoms. The lowest BCUT2D eigenvalue weighted by atomic mass is 10.2. The van der Waals surface area contributed by atoms with Crippen molar-refractivity contribution in [3.63, 3.8) is 0 Å². The highest BCUT2D eigenvalue weighted by atomic mass is 16.5. The monoisotopic (exact) mass is 275 g/mol. The van der Waals surface area contributed by atoms with Crippen LogP contribution in [0, 0.1) is 6.92 Å². The van der Waals surface area contributed by atoms with Crippen molar-refractivity contribution in [1.82, 2.24) is 9.55 Å². The molecule has 0 unspecified atom stereocenters. The Labute approximate surface area is 116 Å². The Morgan fingerprint density at radius 1 is 1.25 bits per heavy atom. The van der Waals surface area contributed by atoms with Crippen LogP contribution in [0.1, 0.15) is 11.3 Å². The number of methoxy groups -OCH3 is 2. The van der Waals surface area contributed by atoms with Gasteiger partial charge in [-0.25, -0.2) is 4.98 Å². The molecule has 2 rings (SSSR count). The van der Waals surface area contributed by atoms with Crippen LogP contribution < -0.4 is 20.8 Å². The SMILES string of the molecule is COc1ccc(Cn2c(OC)nc(C)cc2=O)cc1N. The molecule has 2 N–H and O–H groups in total. The Morgan fingerprint density at radius 2 is 2.00 bits per heavy atom. The van der Waals surface area contributed by atoms with Crippen LogP contribution in [-0.4, -0.2) is 23.8 Å². The number of hydrogen-bond donors (Lipinski definition) is 1. The van der Waals surface area contributed by atoms with Crippen molar-refractivity contribution in [3.8, 4) is 11.8 Å². The summed E-state index contributed by atoms with van der Waals surface area (Å²) in [7, 11) is 3.04. The number of aryl methyl sites for hydroxylation is 1. The van der Waals surface area contributed by atoms with Gasteiger partial charge in [0.25, 0.3) is 11.6 Å². The second kappa shape index (κ2) is 5.64. The third-order valence-electron chi connectivity index (χ3n) is 2.92. The third-order valence-corrected chi connectivity index (χ3v) is 2.92. The van der Waals surface area contributed by atoms with E-state index < -0.39 is 0 Å². The minimum atomic E-state index is -0.163. The number of anilines is 1. The molecule has 1 aromatic heterocycles. The summed E-state index contributed by atoms with van der Waals surface area (Å²) < 4.78 is 11.7. The lowest BCUT2D eigenvalue weighted by Crippen LogP contribution is -2.23. The average molecular weight is 275 g/mol. The summed E-state index contributed by atoms with van der Waals surface area (Å²) in [5.74, 6) is 0.607. The Bertz CT molecular complexity index is 680. The number of nitrogen functional groups attached to an aromatic ring is 1. The first-order chi connectivity index (χ1) is 9.55. The average Bonchev–Trinajstić information content (AvgIpc) is 2.41. The minimum absolute atomic E-state index is 0.163. The highest BCUT2D eigenvalue weighted by Crippen LogP contribution is 2.22. The molecule has 6 heteroatoms. The van der Waals surface area contributed by atoms with E-state index in [1.165, 1.54) is 17.7 Å². The van der Waals surface area contributed by atoms with Gasteiger partial charge in [-0.1, -0.05) is 6.07 Å². The Morgan fingerprint density at radius 3 is 2.60 bits per heavy atom. The maximum absolute atomic E-state index is 12.0. The molecule has 106 valence electrons. The quantitative estimate of drug-likeness (QED) is 0.848. The fraction of sp³-hybridized carbons (Fsp3) is 0.286. The summed E-state index contributed by atoms with van der Waals surface area (Å²) in [6, 6.07) is 7.13. The van der Waals surface area contributed by atoms with Crippen LogP contribution in [-0.2, 0) is 6.54 Å². The summed E-state index contributed by atoms with van der Waals surface area (Å²) in [4.78, 5) is 16.2. The molecule has 0 saturated carbocycles. The minimum Gasteiger partial charge on any atom is -0.495 e. The second-order valence-corrected chi connectivity index (χ2v) is 4.38. The van der Waals surface area contributed by atoms with Gasteiger partial charge < -0.3 is 15.2 Å². The van der Waals surface area contributed by atoms with E-state index in [-0.39, 0.29) is 11.6 Å². The largest absolute Gasteiger partial charge is 0.495 e. The normalized spacial score (nSPS) is 10.3. The van der Waals surface area contributed by atoms with E-state index in [4.69, 9.17) is 15.2 Å². The van der Waals surface area contributed by atoms with E-state index in [0.717, 1.165) is 5.56 Å². The van der Waals surface area contributed by atoms with Crippen LogP contribution in [0.5, 0.6) is 11.8 Å². The first kappa shape index (κ1) is 13.9. The first-order valence-electron chi connectivity index (χ1n) is 6.10. The lowest BCUT2D eigenvalue weighted by Gasteiger charge is -2.12. The van der Waals surface area contributed by atoms with Crippen LogP contribution in [0.2, 0.25) is 0 Å². The predicted molar refractivity (Wildman–Crippen MR) is 76.3 cm³/mol. The van der Waals surface area contributed by atoms with Gasteiger partial charge in [-0.3, -0.25) is 9.36 Å². The van der Waals surface area contributed by atoms with Crippen molar-refractivity contribution in [1.29, 1.82) is 0 Å². The molecule has 6 nitrogen and oxygen atoms in total. The number of aromatic nitrogens is 2. The van der Waals surface area contributed by atoms with Gasteiger partial charge in [-0.15, -0.1) is 0 Å². The topological polar surface area (TPSA) is 79.4 Å². The molecule has 1 aromatic carbocycles. The van der Waals surface area contributed by atoms with Crippen molar-refractivity contribution in [3.05, 3.63) is 45.9 Å². The lowest BCUT2D eigenvalue weighted by molar-refractivity contribution is 0.350. The van der Waals surface area contributed by atoms with Gasteiger partial charge in [0.05, 0.1) is 26.5 Å². The maximum atomic E-state index is 12.0. The number of nitrogens with zero attached hydrogens (tertiary/aromatic N) is 2. The van der Waals surface area contributed by atoms with Gasteiger partial charge in [0.2, 0.25) is 0 Å². The second-order valence-electron chi connectivity index (χ2n) is 4.38. The van der Waals surface area contributed by atoms with E-state index in [1.807, 2.05) is 6.07 Å². The van der Waals surface area contributed by atoms with E-state index in [2.05, 4.69) is 4.98 Å². The van der Waals surface area contributed by atoms with E-state index in [1.54, 1.807) is 26.2 Å². The molecule has 20 heavy (non-hydrogen) atoms. The van der Waals surface area contributed by atoms with Gasteiger partial charge in [0, 0.05) is 11.8 Å². The number of hydrogen-bond acceptors (Lipinski definition) is 5. The Hall–Kier alpha value is -2.50. The highest BCUT2D eigenvalue weighted by Gasteiger charge is 2.09. The van der Waals surface area contributed by atoms with Gasteiger partial charge in [0.15, 0.2) is 0 Å². The summed E-state index contributed by atoms with van der Waals surface area (Å²) in [6.45, 7) is 2.09. The molecule has 1 heterocycles. The molecule has 0 amide bonds. The van der Waals surface area contributed by atoms with Crippen LogP contribution in [0.4, 0.5) is 5.69 Å². The van der Waals surface area contributed by atoms with Gasteiger partial charge >= 0.3 is 0 Å². The van der Waals surface area contributed by atoms with Crippen LogP contribution in [0.3, 0.4) is 0 Å².